The molecule has 2 aromatic rings. The van der Waals surface area contributed by atoms with E-state index in [1.807, 2.05) is 31.2 Å². The molecule has 2 nitrogen and oxygen atoms in total. The van der Waals surface area contributed by atoms with Gasteiger partial charge in [0.1, 0.15) is 18.1 Å². The standard InChI is InChI=1S/C15H13F3O2/c1-11-5-7-13(8-6-11)19-10-12-3-2-4-14(9-12)20-15(16,17)18/h2-9H,10H2,1H3. The fourth-order valence-electron chi connectivity index (χ4n) is 1.63. The zero-order valence-electron chi connectivity index (χ0n) is 10.8. The first-order valence-electron chi connectivity index (χ1n) is 5.96. The van der Waals surface area contributed by atoms with Gasteiger partial charge in [0.25, 0.3) is 0 Å². The molecule has 0 atom stereocenters. The Morgan fingerprint density at radius 2 is 1.65 bits per heavy atom. The average molecular weight is 282 g/mol. The highest BCUT2D eigenvalue weighted by molar-refractivity contribution is 5.30. The van der Waals surface area contributed by atoms with E-state index >= 15 is 0 Å². The van der Waals surface area contributed by atoms with Crippen LogP contribution in [0.5, 0.6) is 11.5 Å². The highest BCUT2D eigenvalue weighted by Crippen LogP contribution is 2.24. The lowest BCUT2D eigenvalue weighted by molar-refractivity contribution is -0.274. The van der Waals surface area contributed by atoms with Crippen LogP contribution in [0.4, 0.5) is 13.2 Å². The lowest BCUT2D eigenvalue weighted by atomic mass is 10.2. The van der Waals surface area contributed by atoms with Crippen molar-refractivity contribution in [2.75, 3.05) is 0 Å². The Morgan fingerprint density at radius 1 is 0.950 bits per heavy atom. The molecule has 0 aromatic heterocycles. The van der Waals surface area contributed by atoms with Gasteiger partial charge in [0.2, 0.25) is 0 Å². The van der Waals surface area contributed by atoms with Crippen molar-refractivity contribution < 1.29 is 22.6 Å². The second kappa shape index (κ2) is 5.86. The van der Waals surface area contributed by atoms with Crippen molar-refractivity contribution in [1.82, 2.24) is 0 Å². The molecule has 0 fully saturated rings. The van der Waals surface area contributed by atoms with E-state index in [4.69, 9.17) is 4.74 Å². The van der Waals surface area contributed by atoms with Crippen LogP contribution in [0, 0.1) is 6.92 Å². The lowest BCUT2D eigenvalue weighted by Gasteiger charge is -2.11. The minimum absolute atomic E-state index is 0.179. The molecule has 0 N–H and O–H groups in total. The molecule has 2 rings (SSSR count). The van der Waals surface area contributed by atoms with Crippen molar-refractivity contribution in [2.45, 2.75) is 19.9 Å². The van der Waals surface area contributed by atoms with E-state index in [1.165, 1.54) is 18.2 Å². The summed E-state index contributed by atoms with van der Waals surface area (Å²) in [6.45, 7) is 2.14. The summed E-state index contributed by atoms with van der Waals surface area (Å²) < 4.78 is 45.7. The summed E-state index contributed by atoms with van der Waals surface area (Å²) in [4.78, 5) is 0. The highest BCUT2D eigenvalue weighted by atomic mass is 19.4. The third-order valence-electron chi connectivity index (χ3n) is 2.56. The van der Waals surface area contributed by atoms with E-state index in [1.54, 1.807) is 6.07 Å². The largest absolute Gasteiger partial charge is 0.573 e. The van der Waals surface area contributed by atoms with Crippen LogP contribution in [0.15, 0.2) is 48.5 Å². The lowest BCUT2D eigenvalue weighted by Crippen LogP contribution is -2.17. The number of hydrogen-bond acceptors (Lipinski definition) is 2. The van der Waals surface area contributed by atoms with Crippen LogP contribution in [-0.4, -0.2) is 6.36 Å². The topological polar surface area (TPSA) is 18.5 Å². The van der Waals surface area contributed by atoms with E-state index in [2.05, 4.69) is 4.74 Å². The molecule has 5 heteroatoms. The van der Waals surface area contributed by atoms with E-state index in [0.29, 0.717) is 11.3 Å². The first-order valence-corrected chi connectivity index (χ1v) is 5.96. The van der Waals surface area contributed by atoms with Gasteiger partial charge in [-0.1, -0.05) is 29.8 Å². The van der Waals surface area contributed by atoms with Crippen LogP contribution >= 0.6 is 0 Å². The Balaban J connectivity index is 1.99. The van der Waals surface area contributed by atoms with Gasteiger partial charge >= 0.3 is 6.36 Å². The molecular formula is C15H13F3O2. The molecule has 0 amide bonds. The van der Waals surface area contributed by atoms with Gasteiger partial charge in [-0.3, -0.25) is 0 Å². The summed E-state index contributed by atoms with van der Waals surface area (Å²) in [7, 11) is 0. The fourth-order valence-corrected chi connectivity index (χ4v) is 1.63. The van der Waals surface area contributed by atoms with Crippen molar-refractivity contribution in [3.63, 3.8) is 0 Å². The predicted octanol–water partition coefficient (Wildman–Crippen LogP) is 4.47. The van der Waals surface area contributed by atoms with Gasteiger partial charge in [0, 0.05) is 0 Å². The number of ether oxygens (including phenoxy) is 2. The highest BCUT2D eigenvalue weighted by Gasteiger charge is 2.31. The minimum Gasteiger partial charge on any atom is -0.489 e. The molecular weight excluding hydrogens is 269 g/mol. The third-order valence-corrected chi connectivity index (χ3v) is 2.56. The molecule has 0 saturated heterocycles. The molecule has 20 heavy (non-hydrogen) atoms. The molecule has 0 aliphatic rings. The number of rotatable bonds is 4. The Bertz CT molecular complexity index is 562. The maximum absolute atomic E-state index is 12.1. The molecule has 0 radical (unpaired) electrons. The van der Waals surface area contributed by atoms with E-state index in [0.717, 1.165) is 5.56 Å². The quantitative estimate of drug-likeness (QED) is 0.823. The van der Waals surface area contributed by atoms with Crippen LogP contribution in [0.3, 0.4) is 0 Å². The predicted molar refractivity (Wildman–Crippen MR) is 68.6 cm³/mol. The molecule has 0 aliphatic carbocycles. The zero-order chi connectivity index (χ0) is 14.6. The average Bonchev–Trinajstić information content (AvgIpc) is 2.36. The first-order chi connectivity index (χ1) is 9.42. The van der Waals surface area contributed by atoms with Crippen LogP contribution in [-0.2, 0) is 6.61 Å². The van der Waals surface area contributed by atoms with Gasteiger partial charge in [-0.25, -0.2) is 0 Å². The molecule has 106 valence electrons. The van der Waals surface area contributed by atoms with Crippen LogP contribution in [0.2, 0.25) is 0 Å². The summed E-state index contributed by atoms with van der Waals surface area (Å²) >= 11 is 0. The van der Waals surface area contributed by atoms with E-state index in [-0.39, 0.29) is 12.4 Å². The number of hydrogen-bond donors (Lipinski definition) is 0. The summed E-state index contributed by atoms with van der Waals surface area (Å²) in [6.07, 6.45) is -4.68. The van der Waals surface area contributed by atoms with Gasteiger partial charge in [-0.15, -0.1) is 13.2 Å². The first kappa shape index (κ1) is 14.2. The fraction of sp³-hybridized carbons (Fsp3) is 0.200. The SMILES string of the molecule is Cc1ccc(OCc2cccc(OC(F)(F)F)c2)cc1. The minimum atomic E-state index is -4.68. The van der Waals surface area contributed by atoms with Crippen LogP contribution in [0.25, 0.3) is 0 Å². The molecule has 0 saturated carbocycles. The second-order valence-corrected chi connectivity index (χ2v) is 4.30. The molecule has 0 heterocycles. The molecule has 0 bridgehead atoms. The Labute approximate surface area is 114 Å². The summed E-state index contributed by atoms with van der Waals surface area (Å²) in [6, 6.07) is 13.2. The summed E-state index contributed by atoms with van der Waals surface area (Å²) in [5.41, 5.74) is 1.71. The number of alkyl halides is 3. The van der Waals surface area contributed by atoms with Crippen molar-refractivity contribution in [2.24, 2.45) is 0 Å². The summed E-state index contributed by atoms with van der Waals surface area (Å²) in [5, 5.41) is 0. The second-order valence-electron chi connectivity index (χ2n) is 4.30. The normalized spacial score (nSPS) is 11.2. The Kier molecular flexibility index (Phi) is 4.17. The zero-order valence-corrected chi connectivity index (χ0v) is 10.8. The maximum Gasteiger partial charge on any atom is 0.573 e. The Hall–Kier alpha value is -2.17. The number of benzene rings is 2. The van der Waals surface area contributed by atoms with E-state index in [9.17, 15) is 13.2 Å². The molecule has 0 unspecified atom stereocenters. The molecule has 0 spiro atoms. The van der Waals surface area contributed by atoms with Gasteiger partial charge in [0.05, 0.1) is 0 Å². The Morgan fingerprint density at radius 3 is 2.30 bits per heavy atom. The molecule has 2 aromatic carbocycles. The van der Waals surface area contributed by atoms with Gasteiger partial charge in [0.15, 0.2) is 0 Å². The van der Waals surface area contributed by atoms with Gasteiger partial charge in [-0.05, 0) is 36.8 Å². The van der Waals surface area contributed by atoms with Crippen molar-refractivity contribution in [3.05, 3.63) is 59.7 Å². The van der Waals surface area contributed by atoms with Crippen molar-refractivity contribution >= 4 is 0 Å². The smallest absolute Gasteiger partial charge is 0.489 e. The molecule has 0 aliphatic heterocycles. The van der Waals surface area contributed by atoms with Gasteiger partial charge < -0.3 is 9.47 Å². The van der Waals surface area contributed by atoms with Crippen LogP contribution < -0.4 is 9.47 Å². The summed E-state index contributed by atoms with van der Waals surface area (Å²) in [5.74, 6) is 0.417. The monoisotopic (exact) mass is 282 g/mol. The third kappa shape index (κ3) is 4.50. The number of aryl methyl sites for hydroxylation is 1. The van der Waals surface area contributed by atoms with Crippen molar-refractivity contribution in [3.8, 4) is 11.5 Å². The van der Waals surface area contributed by atoms with E-state index < -0.39 is 6.36 Å². The maximum atomic E-state index is 12.1. The van der Waals surface area contributed by atoms with Crippen molar-refractivity contribution in [1.29, 1.82) is 0 Å². The van der Waals surface area contributed by atoms with Gasteiger partial charge in [-0.2, -0.15) is 0 Å². The number of halogens is 3. The van der Waals surface area contributed by atoms with Crippen LogP contribution in [0.1, 0.15) is 11.1 Å².